The van der Waals surface area contributed by atoms with E-state index in [0.29, 0.717) is 36.2 Å². The number of hydrogen-bond acceptors (Lipinski definition) is 6. The number of rotatable bonds is 6. The van der Waals surface area contributed by atoms with Crippen molar-refractivity contribution in [2.75, 3.05) is 25.0 Å². The first-order chi connectivity index (χ1) is 21.2. The van der Waals surface area contributed by atoms with Gasteiger partial charge in [-0.3, -0.25) is 19.7 Å². The summed E-state index contributed by atoms with van der Waals surface area (Å²) in [5, 5.41) is 8.32. The molecule has 1 aromatic heterocycles. The molecule has 2 aromatic carbocycles. The van der Waals surface area contributed by atoms with Crippen LogP contribution in [0.4, 0.5) is 23.7 Å². The van der Waals surface area contributed by atoms with Gasteiger partial charge in [0, 0.05) is 36.6 Å². The number of anilines is 1. The minimum atomic E-state index is -4.56. The number of likely N-dealkylation sites (tertiary alicyclic amines) is 1. The van der Waals surface area contributed by atoms with Gasteiger partial charge in [-0.15, -0.1) is 0 Å². The summed E-state index contributed by atoms with van der Waals surface area (Å²) in [4.78, 5) is 39.0. The Hall–Kier alpha value is -4.13. The van der Waals surface area contributed by atoms with Crippen molar-refractivity contribution >= 4 is 34.5 Å². The van der Waals surface area contributed by atoms with Crippen molar-refractivity contribution < 1.29 is 32.3 Å². The van der Waals surface area contributed by atoms with Gasteiger partial charge in [-0.05, 0) is 61.3 Å². The number of ether oxygens (including phenoxy) is 1. The molecule has 2 saturated heterocycles. The molecular formula is C31H35F3N6O4. The molecule has 0 spiro atoms. The zero-order valence-electron chi connectivity index (χ0n) is 24.1. The number of para-hydroxylation sites is 1. The van der Waals surface area contributed by atoms with Crippen LogP contribution in [-0.2, 0) is 16.1 Å². The van der Waals surface area contributed by atoms with Crippen LogP contribution in [0.2, 0.25) is 0 Å². The molecule has 3 aliphatic rings. The van der Waals surface area contributed by atoms with E-state index < -0.39 is 18.9 Å². The monoisotopic (exact) mass is 612 g/mol. The molecule has 1 saturated carbocycles. The molecular weight excluding hydrogens is 577 g/mol. The van der Waals surface area contributed by atoms with Crippen LogP contribution in [0.3, 0.4) is 0 Å². The van der Waals surface area contributed by atoms with Crippen LogP contribution < -0.4 is 16.2 Å². The highest BCUT2D eigenvalue weighted by Gasteiger charge is 2.40. The fourth-order valence-corrected chi connectivity index (χ4v) is 6.74. The van der Waals surface area contributed by atoms with Crippen LogP contribution >= 0.6 is 0 Å². The molecule has 3 N–H and O–H groups in total. The van der Waals surface area contributed by atoms with Gasteiger partial charge < -0.3 is 15.0 Å². The highest BCUT2D eigenvalue weighted by atomic mass is 19.4. The van der Waals surface area contributed by atoms with Gasteiger partial charge in [-0.1, -0.05) is 43.2 Å². The van der Waals surface area contributed by atoms with Gasteiger partial charge in [-0.2, -0.15) is 18.3 Å². The SMILES string of the molecule is O=C(Nc1ccc(C2NNC(=O)C3CCCCC32)cc1)c1nn(CC2CCN(C(=O)OCC(F)(F)F)CC2)c2ccccc12. The lowest BCUT2D eigenvalue weighted by Gasteiger charge is -2.41. The van der Waals surface area contributed by atoms with Crippen LogP contribution in [0, 0.1) is 17.8 Å². The van der Waals surface area contributed by atoms with Crippen LogP contribution in [-0.4, -0.2) is 58.5 Å². The third-order valence-corrected chi connectivity index (χ3v) is 9.00. The van der Waals surface area contributed by atoms with Gasteiger partial charge in [0.15, 0.2) is 12.3 Å². The number of amides is 3. The lowest BCUT2D eigenvalue weighted by atomic mass is 9.72. The van der Waals surface area contributed by atoms with Gasteiger partial charge in [0.2, 0.25) is 5.91 Å². The van der Waals surface area contributed by atoms with Crippen molar-refractivity contribution in [1.29, 1.82) is 0 Å². The van der Waals surface area contributed by atoms with E-state index in [4.69, 9.17) is 0 Å². The Balaban J connectivity index is 1.09. The molecule has 10 nitrogen and oxygen atoms in total. The summed E-state index contributed by atoms with van der Waals surface area (Å²) < 4.78 is 43.4. The summed E-state index contributed by atoms with van der Waals surface area (Å²) in [5.74, 6) is 0.103. The van der Waals surface area contributed by atoms with E-state index >= 15 is 0 Å². The second-order valence-electron chi connectivity index (χ2n) is 11.9. The maximum absolute atomic E-state index is 13.4. The number of fused-ring (bicyclic) bond motifs is 2. The molecule has 0 bridgehead atoms. The lowest BCUT2D eigenvalue weighted by molar-refractivity contribution is -0.162. The van der Waals surface area contributed by atoms with Gasteiger partial charge >= 0.3 is 12.3 Å². The summed E-state index contributed by atoms with van der Waals surface area (Å²) in [6.45, 7) is -0.526. The summed E-state index contributed by atoms with van der Waals surface area (Å²) >= 11 is 0. The highest BCUT2D eigenvalue weighted by Crippen LogP contribution is 2.40. The molecule has 3 unspecified atom stereocenters. The summed E-state index contributed by atoms with van der Waals surface area (Å²) in [6.07, 6.45) is -0.290. The second-order valence-corrected chi connectivity index (χ2v) is 11.9. The molecule has 1 aliphatic carbocycles. The van der Waals surface area contributed by atoms with Gasteiger partial charge in [0.05, 0.1) is 11.6 Å². The van der Waals surface area contributed by atoms with Gasteiger partial charge in [-0.25, -0.2) is 10.2 Å². The second kappa shape index (κ2) is 12.5. The molecule has 3 atom stereocenters. The molecule has 2 aliphatic heterocycles. The summed E-state index contributed by atoms with van der Waals surface area (Å²) in [7, 11) is 0. The Kier molecular flexibility index (Phi) is 8.48. The number of hydrazine groups is 1. The van der Waals surface area contributed by atoms with E-state index in [1.165, 1.54) is 4.90 Å². The average Bonchev–Trinajstić information content (AvgIpc) is 3.39. The molecule has 3 amide bonds. The van der Waals surface area contributed by atoms with Crippen molar-refractivity contribution in [2.24, 2.45) is 17.8 Å². The zero-order valence-corrected chi connectivity index (χ0v) is 24.1. The van der Waals surface area contributed by atoms with Crippen LogP contribution in [0.25, 0.3) is 10.9 Å². The first kappa shape index (κ1) is 29.9. The van der Waals surface area contributed by atoms with E-state index in [9.17, 15) is 27.6 Å². The van der Waals surface area contributed by atoms with E-state index in [0.717, 1.165) is 36.8 Å². The Morgan fingerprint density at radius 1 is 1.00 bits per heavy atom. The third kappa shape index (κ3) is 6.52. The zero-order chi connectivity index (χ0) is 30.8. The number of aromatic nitrogens is 2. The predicted molar refractivity (Wildman–Crippen MR) is 155 cm³/mol. The summed E-state index contributed by atoms with van der Waals surface area (Å²) in [5.41, 5.74) is 8.78. The molecule has 3 aromatic rings. The van der Waals surface area contributed by atoms with Crippen LogP contribution in [0.1, 0.15) is 60.6 Å². The normalized spacial score (nSPS) is 22.8. The fourth-order valence-electron chi connectivity index (χ4n) is 6.74. The first-order valence-electron chi connectivity index (χ1n) is 15.1. The van der Waals surface area contributed by atoms with Gasteiger partial charge in [0.25, 0.3) is 5.91 Å². The minimum absolute atomic E-state index is 0.0137. The van der Waals surface area contributed by atoms with E-state index in [1.807, 2.05) is 48.5 Å². The maximum atomic E-state index is 13.4. The maximum Gasteiger partial charge on any atom is 0.422 e. The van der Waals surface area contributed by atoms with Gasteiger partial charge in [0.1, 0.15) is 0 Å². The molecule has 234 valence electrons. The van der Waals surface area contributed by atoms with Crippen molar-refractivity contribution in [3.8, 4) is 0 Å². The smallest absolute Gasteiger partial charge is 0.422 e. The molecule has 44 heavy (non-hydrogen) atoms. The molecule has 6 rings (SSSR count). The standard InChI is InChI=1S/C31H35F3N6O4/c32-31(33,34)18-44-30(43)39-15-13-19(14-16-39)17-40-25-8-4-3-7-24(25)27(38-40)29(42)35-21-11-9-20(10-12-21)26-22-5-1-2-6-23(22)28(41)37-36-26/h3-4,7-12,19,22-23,26,36H,1-2,5-6,13-18H2,(H,35,42)(H,37,41). The van der Waals surface area contributed by atoms with E-state index in [1.54, 1.807) is 4.68 Å². The van der Waals surface area contributed by atoms with Crippen molar-refractivity contribution in [3.63, 3.8) is 0 Å². The number of halogens is 3. The van der Waals surface area contributed by atoms with Crippen LogP contribution in [0.15, 0.2) is 48.5 Å². The fraction of sp³-hybridized carbons (Fsp3) is 0.484. The number of carbonyl (C=O) groups is 3. The number of benzene rings is 2. The number of nitrogens with one attached hydrogen (secondary N) is 3. The molecule has 13 heteroatoms. The Morgan fingerprint density at radius 3 is 2.48 bits per heavy atom. The Bertz CT molecular complexity index is 1520. The first-order valence-corrected chi connectivity index (χ1v) is 15.1. The van der Waals surface area contributed by atoms with Crippen LogP contribution in [0.5, 0.6) is 0 Å². The number of alkyl halides is 3. The lowest BCUT2D eigenvalue weighted by Crippen LogP contribution is -2.55. The topological polar surface area (TPSA) is 118 Å². The predicted octanol–water partition coefficient (Wildman–Crippen LogP) is 5.18. The number of carbonyl (C=O) groups excluding carboxylic acids is 3. The molecule has 3 fully saturated rings. The average molecular weight is 613 g/mol. The number of piperidine rings is 1. The van der Waals surface area contributed by atoms with Crippen molar-refractivity contribution in [3.05, 3.63) is 59.8 Å². The Labute approximate surface area is 252 Å². The van der Waals surface area contributed by atoms with Crippen molar-refractivity contribution in [2.45, 2.75) is 57.3 Å². The minimum Gasteiger partial charge on any atom is -0.440 e. The quantitative estimate of drug-likeness (QED) is 0.353. The largest absolute Gasteiger partial charge is 0.440 e. The third-order valence-electron chi connectivity index (χ3n) is 9.00. The van der Waals surface area contributed by atoms with E-state index in [-0.39, 0.29) is 48.7 Å². The summed E-state index contributed by atoms with van der Waals surface area (Å²) in [6, 6.07) is 15.1. The molecule has 3 heterocycles. The van der Waals surface area contributed by atoms with E-state index in [2.05, 4.69) is 26.0 Å². The highest BCUT2D eigenvalue weighted by molar-refractivity contribution is 6.11. The molecule has 0 radical (unpaired) electrons. The van der Waals surface area contributed by atoms with Crippen molar-refractivity contribution in [1.82, 2.24) is 25.5 Å². The number of nitrogens with zero attached hydrogens (tertiary/aromatic N) is 3. The number of hydrogen-bond donors (Lipinski definition) is 3. The Morgan fingerprint density at radius 2 is 1.73 bits per heavy atom.